The molecule has 4 aromatic rings. The number of aromatic nitrogens is 1. The molecule has 19 heavy (non-hydrogen) atoms. The van der Waals surface area contributed by atoms with Crippen LogP contribution in [0.25, 0.3) is 32.1 Å². The van der Waals surface area contributed by atoms with Crippen LogP contribution >= 0.6 is 11.3 Å². The van der Waals surface area contributed by atoms with Crippen LogP contribution in [-0.2, 0) is 0 Å². The minimum Gasteiger partial charge on any atom is -0.245 e. The summed E-state index contributed by atoms with van der Waals surface area (Å²) in [6.45, 7) is 0. The Balaban J connectivity index is 2.12. The quantitative estimate of drug-likeness (QED) is 0.433. The van der Waals surface area contributed by atoms with Gasteiger partial charge >= 0.3 is 0 Å². The minimum atomic E-state index is 1.08. The second-order valence-corrected chi connectivity index (χ2v) is 5.46. The lowest BCUT2D eigenvalue weighted by Crippen LogP contribution is -1.81. The van der Waals surface area contributed by atoms with Crippen LogP contribution in [0.15, 0.2) is 66.2 Å². The molecule has 0 spiro atoms. The van der Waals surface area contributed by atoms with Gasteiger partial charge in [0.05, 0.1) is 0 Å². The van der Waals surface area contributed by atoms with Crippen molar-refractivity contribution in [3.63, 3.8) is 0 Å². The van der Waals surface area contributed by atoms with Gasteiger partial charge in [0, 0.05) is 17.1 Å². The molecule has 0 N–H and O–H groups in total. The maximum Gasteiger partial charge on any atom is 0.123 e. The highest BCUT2D eigenvalue weighted by Crippen LogP contribution is 2.32. The molecule has 0 saturated carbocycles. The summed E-state index contributed by atoms with van der Waals surface area (Å²) in [7, 11) is 0. The third kappa shape index (κ3) is 1.72. The van der Waals surface area contributed by atoms with Gasteiger partial charge in [-0.15, -0.1) is 11.3 Å². The summed E-state index contributed by atoms with van der Waals surface area (Å²) in [5.74, 6) is 0. The molecule has 2 heteroatoms. The molecule has 0 fully saturated rings. The van der Waals surface area contributed by atoms with Crippen LogP contribution in [0.2, 0.25) is 0 Å². The van der Waals surface area contributed by atoms with E-state index in [4.69, 9.17) is 0 Å². The third-order valence-electron chi connectivity index (χ3n) is 3.41. The zero-order valence-electron chi connectivity index (χ0n) is 10.2. The molecular weight excluding hydrogens is 250 g/mol. The maximum atomic E-state index is 4.44. The lowest BCUT2D eigenvalue weighted by molar-refractivity contribution is 1.42. The van der Waals surface area contributed by atoms with Crippen LogP contribution in [0, 0.1) is 0 Å². The Morgan fingerprint density at radius 3 is 2.37 bits per heavy atom. The van der Waals surface area contributed by atoms with Crippen molar-refractivity contribution in [3.8, 4) is 10.6 Å². The molecule has 0 radical (unpaired) electrons. The van der Waals surface area contributed by atoms with E-state index in [0.717, 1.165) is 5.01 Å². The first kappa shape index (κ1) is 10.7. The van der Waals surface area contributed by atoms with Gasteiger partial charge in [-0.25, -0.2) is 4.98 Å². The number of fused-ring (bicyclic) bond motifs is 2. The zero-order chi connectivity index (χ0) is 12.7. The second-order valence-electron chi connectivity index (χ2n) is 4.56. The second kappa shape index (κ2) is 4.18. The lowest BCUT2D eigenvalue weighted by atomic mass is 10.00. The molecule has 90 valence electrons. The van der Waals surface area contributed by atoms with Gasteiger partial charge in [0.2, 0.25) is 0 Å². The van der Waals surface area contributed by atoms with E-state index >= 15 is 0 Å². The number of rotatable bonds is 1. The van der Waals surface area contributed by atoms with Gasteiger partial charge in [-0.05, 0) is 33.7 Å². The van der Waals surface area contributed by atoms with Gasteiger partial charge in [-0.1, -0.05) is 42.5 Å². The van der Waals surface area contributed by atoms with Gasteiger partial charge < -0.3 is 0 Å². The molecular formula is C17H11NS. The van der Waals surface area contributed by atoms with E-state index in [1.54, 1.807) is 11.3 Å². The summed E-state index contributed by atoms with van der Waals surface area (Å²) in [4.78, 5) is 4.44. The predicted octanol–water partition coefficient (Wildman–Crippen LogP) is 5.12. The highest BCUT2D eigenvalue weighted by molar-refractivity contribution is 7.13. The first-order chi connectivity index (χ1) is 9.42. The van der Waals surface area contributed by atoms with Crippen molar-refractivity contribution in [1.29, 1.82) is 0 Å². The summed E-state index contributed by atoms with van der Waals surface area (Å²) in [6, 6.07) is 19.4. The van der Waals surface area contributed by atoms with E-state index in [-0.39, 0.29) is 0 Å². The molecule has 0 amide bonds. The van der Waals surface area contributed by atoms with Gasteiger partial charge in [-0.2, -0.15) is 0 Å². The topological polar surface area (TPSA) is 12.9 Å². The first-order valence-corrected chi connectivity index (χ1v) is 7.11. The van der Waals surface area contributed by atoms with Crippen LogP contribution < -0.4 is 0 Å². The molecule has 0 atom stereocenters. The number of hydrogen-bond donors (Lipinski definition) is 0. The van der Waals surface area contributed by atoms with E-state index < -0.39 is 0 Å². The molecule has 0 aliphatic heterocycles. The van der Waals surface area contributed by atoms with Crippen molar-refractivity contribution in [1.82, 2.24) is 4.98 Å². The standard InChI is InChI=1S/C17H11NS/c1-2-5-13-11-16-14(10-12(13)4-1)6-3-7-15(16)17-18-8-9-19-17/h1-11H. The first-order valence-electron chi connectivity index (χ1n) is 6.23. The number of benzene rings is 3. The van der Waals surface area contributed by atoms with E-state index in [0.29, 0.717) is 0 Å². The molecule has 3 aromatic carbocycles. The van der Waals surface area contributed by atoms with E-state index in [9.17, 15) is 0 Å². The number of hydrogen-bond acceptors (Lipinski definition) is 2. The van der Waals surface area contributed by atoms with E-state index in [1.807, 2.05) is 11.6 Å². The summed E-state index contributed by atoms with van der Waals surface area (Å²) >= 11 is 1.69. The van der Waals surface area contributed by atoms with Crippen molar-refractivity contribution >= 4 is 32.9 Å². The fourth-order valence-electron chi connectivity index (χ4n) is 2.51. The van der Waals surface area contributed by atoms with Crippen LogP contribution in [0.5, 0.6) is 0 Å². The Morgan fingerprint density at radius 1 is 0.789 bits per heavy atom. The highest BCUT2D eigenvalue weighted by atomic mass is 32.1. The molecule has 0 saturated heterocycles. The van der Waals surface area contributed by atoms with Crippen molar-refractivity contribution < 1.29 is 0 Å². The Bertz CT molecular complexity index is 863. The molecule has 0 bridgehead atoms. The van der Waals surface area contributed by atoms with E-state index in [2.05, 4.69) is 59.6 Å². The van der Waals surface area contributed by atoms with Gasteiger partial charge in [0.1, 0.15) is 5.01 Å². The lowest BCUT2D eigenvalue weighted by Gasteiger charge is -2.06. The van der Waals surface area contributed by atoms with Crippen molar-refractivity contribution in [2.24, 2.45) is 0 Å². The minimum absolute atomic E-state index is 1.08. The molecule has 1 nitrogen and oxygen atoms in total. The average molecular weight is 261 g/mol. The van der Waals surface area contributed by atoms with Crippen molar-refractivity contribution in [2.45, 2.75) is 0 Å². The van der Waals surface area contributed by atoms with E-state index in [1.165, 1.54) is 27.1 Å². The SMILES string of the molecule is c1ccc2cc3c(-c4nccs4)cccc3cc2c1. The van der Waals surface area contributed by atoms with Gasteiger partial charge in [0.15, 0.2) is 0 Å². The van der Waals surface area contributed by atoms with Crippen molar-refractivity contribution in [3.05, 3.63) is 66.2 Å². The van der Waals surface area contributed by atoms with Gasteiger partial charge in [0.25, 0.3) is 0 Å². The van der Waals surface area contributed by atoms with Crippen LogP contribution in [0.4, 0.5) is 0 Å². The maximum absolute atomic E-state index is 4.44. The van der Waals surface area contributed by atoms with Crippen molar-refractivity contribution in [2.75, 3.05) is 0 Å². The summed E-state index contributed by atoms with van der Waals surface area (Å²) in [5, 5.41) is 8.21. The highest BCUT2D eigenvalue weighted by Gasteiger charge is 2.06. The molecule has 0 aliphatic carbocycles. The molecule has 0 aliphatic rings. The Kier molecular flexibility index (Phi) is 2.35. The smallest absolute Gasteiger partial charge is 0.123 e. The Labute approximate surface area is 115 Å². The van der Waals surface area contributed by atoms with Crippen LogP contribution in [0.3, 0.4) is 0 Å². The molecule has 4 rings (SSSR count). The van der Waals surface area contributed by atoms with Crippen LogP contribution in [0.1, 0.15) is 0 Å². The van der Waals surface area contributed by atoms with Gasteiger partial charge in [-0.3, -0.25) is 0 Å². The number of nitrogens with zero attached hydrogens (tertiary/aromatic N) is 1. The molecule has 0 unspecified atom stereocenters. The summed E-state index contributed by atoms with van der Waals surface area (Å²) in [6.07, 6.45) is 1.86. The summed E-state index contributed by atoms with van der Waals surface area (Å²) in [5.41, 5.74) is 1.22. The number of thiazole rings is 1. The Morgan fingerprint density at radius 2 is 1.58 bits per heavy atom. The Hall–Kier alpha value is -2.19. The zero-order valence-corrected chi connectivity index (χ0v) is 11.0. The molecule has 1 heterocycles. The third-order valence-corrected chi connectivity index (χ3v) is 4.22. The monoisotopic (exact) mass is 261 g/mol. The molecule has 1 aromatic heterocycles. The largest absolute Gasteiger partial charge is 0.245 e. The fourth-order valence-corrected chi connectivity index (χ4v) is 3.19. The summed E-state index contributed by atoms with van der Waals surface area (Å²) < 4.78 is 0. The normalized spacial score (nSPS) is 11.2. The fraction of sp³-hybridized carbons (Fsp3) is 0. The average Bonchev–Trinajstić information content (AvgIpc) is 2.98. The van der Waals surface area contributed by atoms with Crippen LogP contribution in [-0.4, -0.2) is 4.98 Å². The predicted molar refractivity (Wildman–Crippen MR) is 82.6 cm³/mol.